The van der Waals surface area contributed by atoms with Crippen LogP contribution in [-0.4, -0.2) is 43.8 Å². The third-order valence-electron chi connectivity index (χ3n) is 4.86. The molecule has 27 heavy (non-hydrogen) atoms. The number of carbonyl (C=O) groups excluding carboxylic acids is 1. The van der Waals surface area contributed by atoms with E-state index < -0.39 is 0 Å². The Kier molecular flexibility index (Phi) is 5.02. The summed E-state index contributed by atoms with van der Waals surface area (Å²) in [6, 6.07) is 3.94. The standard InChI is InChI=1S/C18H23N7OS/c1-12-7-9-24(10-8-12)16-4-3-14-21-22-15(25(14)23-16)5-6-17(26)20-18-19-13(2)11-27-18/h3-4,11-12H,5-10H2,1-2H3,(H,19,20,26). The van der Waals surface area contributed by atoms with Crippen LogP contribution >= 0.6 is 11.3 Å². The molecule has 0 atom stereocenters. The predicted molar refractivity (Wildman–Crippen MR) is 105 cm³/mol. The molecule has 1 fully saturated rings. The highest BCUT2D eigenvalue weighted by atomic mass is 32.1. The van der Waals surface area contributed by atoms with Gasteiger partial charge in [-0.25, -0.2) is 4.98 Å². The number of thiazole rings is 1. The molecule has 0 unspecified atom stereocenters. The summed E-state index contributed by atoms with van der Waals surface area (Å²) in [6.07, 6.45) is 3.16. The number of piperidine rings is 1. The Morgan fingerprint density at radius 1 is 1.30 bits per heavy atom. The first-order valence-corrected chi connectivity index (χ1v) is 10.1. The molecule has 0 bridgehead atoms. The van der Waals surface area contributed by atoms with Gasteiger partial charge in [0.15, 0.2) is 16.6 Å². The lowest BCUT2D eigenvalue weighted by Crippen LogP contribution is -2.33. The van der Waals surface area contributed by atoms with E-state index in [1.54, 1.807) is 4.52 Å². The van der Waals surface area contributed by atoms with Gasteiger partial charge in [0.1, 0.15) is 5.82 Å². The van der Waals surface area contributed by atoms with Crippen molar-refractivity contribution in [3.8, 4) is 0 Å². The van der Waals surface area contributed by atoms with Crippen molar-refractivity contribution < 1.29 is 4.79 Å². The maximum absolute atomic E-state index is 12.2. The van der Waals surface area contributed by atoms with Crippen molar-refractivity contribution in [1.29, 1.82) is 0 Å². The molecule has 8 nitrogen and oxygen atoms in total. The van der Waals surface area contributed by atoms with Crippen LogP contribution in [0.4, 0.5) is 10.9 Å². The summed E-state index contributed by atoms with van der Waals surface area (Å²) in [6.45, 7) is 6.24. The molecule has 0 radical (unpaired) electrons. The molecule has 0 spiro atoms. The van der Waals surface area contributed by atoms with E-state index in [9.17, 15) is 4.79 Å². The van der Waals surface area contributed by atoms with Crippen molar-refractivity contribution in [2.75, 3.05) is 23.3 Å². The van der Waals surface area contributed by atoms with Crippen LogP contribution in [0.15, 0.2) is 17.5 Å². The number of rotatable bonds is 5. The smallest absolute Gasteiger partial charge is 0.226 e. The van der Waals surface area contributed by atoms with E-state index in [1.165, 1.54) is 24.2 Å². The number of hydrogen-bond acceptors (Lipinski definition) is 7. The number of hydrogen-bond donors (Lipinski definition) is 1. The zero-order valence-corrected chi connectivity index (χ0v) is 16.4. The molecule has 1 N–H and O–H groups in total. The van der Waals surface area contributed by atoms with Gasteiger partial charge in [-0.3, -0.25) is 4.79 Å². The zero-order chi connectivity index (χ0) is 18.8. The quantitative estimate of drug-likeness (QED) is 0.726. The Morgan fingerprint density at radius 2 is 2.11 bits per heavy atom. The molecule has 3 aromatic rings. The minimum atomic E-state index is -0.0812. The van der Waals surface area contributed by atoms with Crippen molar-refractivity contribution in [3.05, 3.63) is 29.0 Å². The number of nitrogens with zero attached hydrogens (tertiary/aromatic N) is 6. The average molecular weight is 385 g/mol. The van der Waals surface area contributed by atoms with Gasteiger partial charge in [-0.15, -0.1) is 26.6 Å². The summed E-state index contributed by atoms with van der Waals surface area (Å²) >= 11 is 1.43. The van der Waals surface area contributed by atoms with Gasteiger partial charge in [0, 0.05) is 31.3 Å². The van der Waals surface area contributed by atoms with Gasteiger partial charge in [0.25, 0.3) is 0 Å². The molecule has 1 aliphatic heterocycles. The molecule has 4 rings (SSSR count). The second-order valence-corrected chi connectivity index (χ2v) is 7.95. The van der Waals surface area contributed by atoms with Crippen molar-refractivity contribution >= 4 is 33.8 Å². The van der Waals surface area contributed by atoms with E-state index >= 15 is 0 Å². The molecular weight excluding hydrogens is 362 g/mol. The summed E-state index contributed by atoms with van der Waals surface area (Å²) in [5.41, 5.74) is 1.61. The van der Waals surface area contributed by atoms with Gasteiger partial charge < -0.3 is 10.2 Å². The topological polar surface area (TPSA) is 88.3 Å². The van der Waals surface area contributed by atoms with Crippen LogP contribution in [0.1, 0.15) is 37.7 Å². The first kappa shape index (κ1) is 17.8. The van der Waals surface area contributed by atoms with Gasteiger partial charge in [-0.2, -0.15) is 4.52 Å². The van der Waals surface area contributed by atoms with Gasteiger partial charge in [-0.05, 0) is 37.8 Å². The molecule has 0 saturated carbocycles. The second kappa shape index (κ2) is 7.59. The second-order valence-electron chi connectivity index (χ2n) is 7.09. The van der Waals surface area contributed by atoms with Gasteiger partial charge >= 0.3 is 0 Å². The summed E-state index contributed by atoms with van der Waals surface area (Å²) in [4.78, 5) is 18.7. The van der Waals surface area contributed by atoms with E-state index in [4.69, 9.17) is 5.10 Å². The van der Waals surface area contributed by atoms with Gasteiger partial charge in [0.2, 0.25) is 5.91 Å². The number of nitrogens with one attached hydrogen (secondary N) is 1. The van der Waals surface area contributed by atoms with E-state index in [0.717, 1.165) is 30.5 Å². The first-order chi connectivity index (χ1) is 13.1. The lowest BCUT2D eigenvalue weighted by Gasteiger charge is -2.30. The number of aryl methyl sites for hydroxylation is 2. The normalized spacial score (nSPS) is 15.4. The van der Waals surface area contributed by atoms with E-state index in [-0.39, 0.29) is 5.91 Å². The highest BCUT2D eigenvalue weighted by molar-refractivity contribution is 7.13. The van der Waals surface area contributed by atoms with Crippen LogP contribution in [0.2, 0.25) is 0 Å². The Hall–Kier alpha value is -2.55. The Bertz CT molecular complexity index is 942. The van der Waals surface area contributed by atoms with Crippen molar-refractivity contribution in [3.63, 3.8) is 0 Å². The van der Waals surface area contributed by atoms with Crippen LogP contribution < -0.4 is 10.2 Å². The first-order valence-electron chi connectivity index (χ1n) is 9.27. The third-order valence-corrected chi connectivity index (χ3v) is 5.74. The van der Waals surface area contributed by atoms with E-state index in [0.29, 0.717) is 29.4 Å². The summed E-state index contributed by atoms with van der Waals surface area (Å²) in [5.74, 6) is 2.33. The highest BCUT2D eigenvalue weighted by Crippen LogP contribution is 2.21. The maximum atomic E-state index is 12.2. The molecule has 142 valence electrons. The Balaban J connectivity index is 1.44. The number of aromatic nitrogens is 5. The Morgan fingerprint density at radius 3 is 2.85 bits per heavy atom. The zero-order valence-electron chi connectivity index (χ0n) is 15.6. The molecule has 4 heterocycles. The number of anilines is 2. The number of carbonyl (C=O) groups is 1. The lowest BCUT2D eigenvalue weighted by molar-refractivity contribution is -0.116. The molecular formula is C18H23N7OS. The molecule has 0 aliphatic carbocycles. The SMILES string of the molecule is Cc1csc(NC(=O)CCc2nnc3ccc(N4CCC(C)CC4)nn23)n1. The molecule has 9 heteroatoms. The Labute approximate surface area is 161 Å². The van der Waals surface area contributed by atoms with Crippen molar-refractivity contribution in [2.45, 2.75) is 39.5 Å². The van der Waals surface area contributed by atoms with E-state index in [2.05, 4.69) is 32.3 Å². The van der Waals surface area contributed by atoms with Crippen LogP contribution in [0.25, 0.3) is 5.65 Å². The number of fused-ring (bicyclic) bond motifs is 1. The minimum absolute atomic E-state index is 0.0812. The fraction of sp³-hybridized carbons (Fsp3) is 0.500. The largest absolute Gasteiger partial charge is 0.355 e. The summed E-state index contributed by atoms with van der Waals surface area (Å²) < 4.78 is 1.76. The predicted octanol–water partition coefficient (Wildman–Crippen LogP) is 2.70. The average Bonchev–Trinajstić information content (AvgIpc) is 3.26. The molecule has 0 aromatic carbocycles. The molecule has 3 aromatic heterocycles. The molecule has 1 amide bonds. The van der Waals surface area contributed by atoms with Gasteiger partial charge in [-0.1, -0.05) is 6.92 Å². The van der Waals surface area contributed by atoms with Crippen LogP contribution in [0, 0.1) is 12.8 Å². The van der Waals surface area contributed by atoms with Crippen LogP contribution in [-0.2, 0) is 11.2 Å². The van der Waals surface area contributed by atoms with Crippen LogP contribution in [0.3, 0.4) is 0 Å². The third kappa shape index (κ3) is 4.08. The maximum Gasteiger partial charge on any atom is 0.226 e. The fourth-order valence-electron chi connectivity index (χ4n) is 3.20. The number of amides is 1. The monoisotopic (exact) mass is 385 g/mol. The van der Waals surface area contributed by atoms with E-state index in [1.807, 2.05) is 24.4 Å². The minimum Gasteiger partial charge on any atom is -0.355 e. The lowest BCUT2D eigenvalue weighted by atomic mass is 9.99. The summed E-state index contributed by atoms with van der Waals surface area (Å²) in [5, 5.41) is 18.5. The molecule has 1 aliphatic rings. The highest BCUT2D eigenvalue weighted by Gasteiger charge is 2.18. The van der Waals surface area contributed by atoms with Crippen molar-refractivity contribution in [1.82, 2.24) is 24.8 Å². The van der Waals surface area contributed by atoms with Crippen molar-refractivity contribution in [2.24, 2.45) is 5.92 Å². The van der Waals surface area contributed by atoms with Gasteiger partial charge in [0.05, 0.1) is 5.69 Å². The summed E-state index contributed by atoms with van der Waals surface area (Å²) in [7, 11) is 0. The van der Waals surface area contributed by atoms with Crippen LogP contribution in [0.5, 0.6) is 0 Å². The molecule has 1 saturated heterocycles. The fourth-order valence-corrected chi connectivity index (χ4v) is 3.91.